The van der Waals surface area contributed by atoms with E-state index in [0.29, 0.717) is 44.2 Å². The van der Waals surface area contributed by atoms with Gasteiger partial charge in [-0.2, -0.15) is 0 Å². The maximum absolute atomic E-state index is 13.2. The van der Waals surface area contributed by atoms with Gasteiger partial charge in [0.1, 0.15) is 6.04 Å². The number of ether oxygens (including phenoxy) is 1. The number of hydrogen-bond donors (Lipinski definition) is 1. The van der Waals surface area contributed by atoms with Crippen molar-refractivity contribution >= 4 is 23.4 Å². The van der Waals surface area contributed by atoms with Gasteiger partial charge in [-0.15, -0.1) is 0 Å². The molecule has 1 N–H and O–H groups in total. The Hall–Kier alpha value is -2.37. The van der Waals surface area contributed by atoms with Crippen LogP contribution in [0.2, 0.25) is 5.02 Å². The van der Waals surface area contributed by atoms with Crippen molar-refractivity contribution in [3.63, 3.8) is 0 Å². The lowest BCUT2D eigenvalue weighted by molar-refractivity contribution is -0.141. The van der Waals surface area contributed by atoms with Gasteiger partial charge in [0, 0.05) is 44.2 Å². The highest BCUT2D eigenvalue weighted by atomic mass is 35.5. The second-order valence-electron chi connectivity index (χ2n) is 7.45. The lowest BCUT2D eigenvalue weighted by Gasteiger charge is -2.31. The molecule has 0 spiro atoms. The first kappa shape index (κ1) is 24.9. The Morgan fingerprint density at radius 3 is 2.39 bits per heavy atom. The molecule has 168 valence electrons. The molecule has 5 nitrogen and oxygen atoms in total. The van der Waals surface area contributed by atoms with Crippen LogP contribution in [0.25, 0.3) is 0 Å². The third kappa shape index (κ3) is 8.72. The highest BCUT2D eigenvalue weighted by molar-refractivity contribution is 6.30. The van der Waals surface area contributed by atoms with Crippen LogP contribution in [0, 0.1) is 0 Å². The summed E-state index contributed by atoms with van der Waals surface area (Å²) in [6.45, 7) is 6.05. The Morgan fingerprint density at radius 2 is 1.74 bits per heavy atom. The van der Waals surface area contributed by atoms with Crippen LogP contribution in [0.15, 0.2) is 54.6 Å². The standard InChI is InChI=1S/C25H33ClN2O3/c1-3-9-24(29)28(19-21-12-14-22(26)15-13-21)23(18-20-10-6-5-7-11-20)25(30)27-16-8-17-31-4-2/h5-7,10-15,23H,3-4,8-9,16-19H2,1-2H3,(H,27,30)/t23-/m0/s1. The van der Waals surface area contributed by atoms with Crippen LogP contribution in [0.1, 0.15) is 44.2 Å². The van der Waals surface area contributed by atoms with Gasteiger partial charge in [-0.3, -0.25) is 9.59 Å². The Bertz CT molecular complexity index is 796. The zero-order valence-corrected chi connectivity index (χ0v) is 19.2. The van der Waals surface area contributed by atoms with E-state index in [9.17, 15) is 9.59 Å². The first-order chi connectivity index (χ1) is 15.0. The number of carbonyl (C=O) groups is 2. The molecule has 0 bridgehead atoms. The smallest absolute Gasteiger partial charge is 0.243 e. The molecule has 0 aliphatic carbocycles. The first-order valence-corrected chi connectivity index (χ1v) is 11.4. The van der Waals surface area contributed by atoms with E-state index in [1.807, 2.05) is 56.3 Å². The summed E-state index contributed by atoms with van der Waals surface area (Å²) in [4.78, 5) is 28.0. The zero-order valence-electron chi connectivity index (χ0n) is 18.5. The zero-order chi connectivity index (χ0) is 22.5. The van der Waals surface area contributed by atoms with E-state index >= 15 is 0 Å². The van der Waals surface area contributed by atoms with Gasteiger partial charge in [0.25, 0.3) is 0 Å². The lowest BCUT2D eigenvalue weighted by atomic mass is 10.0. The second kappa shape index (κ2) is 13.8. The van der Waals surface area contributed by atoms with Crippen molar-refractivity contribution in [1.82, 2.24) is 10.2 Å². The minimum Gasteiger partial charge on any atom is -0.382 e. The molecule has 0 aliphatic heterocycles. The van der Waals surface area contributed by atoms with E-state index in [1.165, 1.54) is 0 Å². The molecule has 2 rings (SSSR count). The fourth-order valence-electron chi connectivity index (χ4n) is 3.35. The van der Waals surface area contributed by atoms with Crippen LogP contribution in [0.4, 0.5) is 0 Å². The normalized spacial score (nSPS) is 11.7. The molecule has 0 aliphatic rings. The third-order valence-electron chi connectivity index (χ3n) is 4.97. The highest BCUT2D eigenvalue weighted by Gasteiger charge is 2.29. The van der Waals surface area contributed by atoms with Gasteiger partial charge in [-0.1, -0.05) is 61.0 Å². The van der Waals surface area contributed by atoms with Crippen molar-refractivity contribution in [2.24, 2.45) is 0 Å². The fourth-order valence-corrected chi connectivity index (χ4v) is 3.47. The summed E-state index contributed by atoms with van der Waals surface area (Å²) in [6, 6.07) is 16.6. The number of nitrogens with zero attached hydrogens (tertiary/aromatic N) is 1. The summed E-state index contributed by atoms with van der Waals surface area (Å²) in [6.07, 6.45) is 2.32. The van der Waals surface area contributed by atoms with Gasteiger partial charge in [0.15, 0.2) is 0 Å². The summed E-state index contributed by atoms with van der Waals surface area (Å²) in [5.74, 6) is -0.165. The summed E-state index contributed by atoms with van der Waals surface area (Å²) in [5, 5.41) is 3.64. The van der Waals surface area contributed by atoms with Gasteiger partial charge in [0.2, 0.25) is 11.8 Å². The van der Waals surface area contributed by atoms with Gasteiger partial charge in [-0.05, 0) is 43.0 Å². The molecule has 0 saturated carbocycles. The van der Waals surface area contributed by atoms with Gasteiger partial charge in [0.05, 0.1) is 0 Å². The van der Waals surface area contributed by atoms with Crippen LogP contribution < -0.4 is 5.32 Å². The summed E-state index contributed by atoms with van der Waals surface area (Å²) in [7, 11) is 0. The maximum Gasteiger partial charge on any atom is 0.243 e. The second-order valence-corrected chi connectivity index (χ2v) is 7.88. The number of hydrogen-bond acceptors (Lipinski definition) is 3. The largest absolute Gasteiger partial charge is 0.382 e. The van der Waals surface area contributed by atoms with Gasteiger partial charge in [-0.25, -0.2) is 0 Å². The molecule has 2 aromatic carbocycles. The van der Waals surface area contributed by atoms with Crippen LogP contribution in [0.5, 0.6) is 0 Å². The summed E-state index contributed by atoms with van der Waals surface area (Å²) in [5.41, 5.74) is 1.96. The number of nitrogens with one attached hydrogen (secondary N) is 1. The topological polar surface area (TPSA) is 58.6 Å². The van der Waals surface area contributed by atoms with Crippen molar-refractivity contribution in [3.8, 4) is 0 Å². The van der Waals surface area contributed by atoms with Gasteiger partial charge < -0.3 is 15.0 Å². The highest BCUT2D eigenvalue weighted by Crippen LogP contribution is 2.18. The molecule has 0 fully saturated rings. The van der Waals surface area contributed by atoms with Crippen molar-refractivity contribution in [2.75, 3.05) is 19.8 Å². The quantitative estimate of drug-likeness (QED) is 0.458. The van der Waals surface area contributed by atoms with Gasteiger partial charge >= 0.3 is 0 Å². The molecule has 0 heterocycles. The molecule has 2 aromatic rings. The van der Waals surface area contributed by atoms with Crippen LogP contribution >= 0.6 is 11.6 Å². The molecule has 2 amide bonds. The Balaban J connectivity index is 2.23. The average Bonchev–Trinajstić information content (AvgIpc) is 2.78. The monoisotopic (exact) mass is 444 g/mol. The van der Waals surface area contributed by atoms with Crippen molar-refractivity contribution in [1.29, 1.82) is 0 Å². The van der Waals surface area contributed by atoms with Crippen molar-refractivity contribution in [3.05, 3.63) is 70.7 Å². The SMILES string of the molecule is CCCC(=O)N(Cc1ccc(Cl)cc1)[C@@H](Cc1ccccc1)C(=O)NCCCOCC. The minimum atomic E-state index is -0.593. The molecule has 6 heteroatoms. The molecule has 31 heavy (non-hydrogen) atoms. The number of carbonyl (C=O) groups excluding carboxylic acids is 2. The third-order valence-corrected chi connectivity index (χ3v) is 5.22. The molecule has 0 aromatic heterocycles. The van der Waals surface area contributed by atoms with E-state index in [4.69, 9.17) is 16.3 Å². The number of halogens is 1. The maximum atomic E-state index is 13.2. The molecule has 0 unspecified atom stereocenters. The first-order valence-electron chi connectivity index (χ1n) is 11.0. The Kier molecular flexibility index (Phi) is 11.1. The number of amides is 2. The molecule has 0 radical (unpaired) electrons. The predicted molar refractivity (Wildman–Crippen MR) is 125 cm³/mol. The van der Waals surface area contributed by atoms with Crippen molar-refractivity contribution < 1.29 is 14.3 Å². The fraction of sp³-hybridized carbons (Fsp3) is 0.440. The molecule has 1 atom stereocenters. The number of benzene rings is 2. The van der Waals surface area contributed by atoms with E-state index in [0.717, 1.165) is 24.0 Å². The van der Waals surface area contributed by atoms with Crippen LogP contribution in [-0.4, -0.2) is 42.5 Å². The van der Waals surface area contributed by atoms with E-state index in [1.54, 1.807) is 17.0 Å². The van der Waals surface area contributed by atoms with Crippen molar-refractivity contribution in [2.45, 2.75) is 52.1 Å². The average molecular weight is 445 g/mol. The van der Waals surface area contributed by atoms with E-state index in [-0.39, 0.29) is 11.8 Å². The lowest BCUT2D eigenvalue weighted by Crippen LogP contribution is -2.50. The Labute approximate surface area is 190 Å². The summed E-state index contributed by atoms with van der Waals surface area (Å²) < 4.78 is 5.35. The molecule has 0 saturated heterocycles. The minimum absolute atomic E-state index is 0.0251. The van der Waals surface area contributed by atoms with E-state index < -0.39 is 6.04 Å². The summed E-state index contributed by atoms with van der Waals surface area (Å²) >= 11 is 6.02. The van der Waals surface area contributed by atoms with Crippen LogP contribution in [-0.2, 0) is 27.3 Å². The molecular weight excluding hydrogens is 412 g/mol. The Morgan fingerprint density at radius 1 is 1.03 bits per heavy atom. The van der Waals surface area contributed by atoms with Crippen LogP contribution in [0.3, 0.4) is 0 Å². The number of rotatable bonds is 13. The predicted octanol–water partition coefficient (Wildman–Crippen LogP) is 4.62. The van der Waals surface area contributed by atoms with E-state index in [2.05, 4.69) is 5.32 Å². The molecular formula is C25H33ClN2O3.